The lowest BCUT2D eigenvalue weighted by atomic mass is 10.0. The Morgan fingerprint density at radius 2 is 1.85 bits per heavy atom. The molecule has 0 aliphatic rings. The van der Waals surface area contributed by atoms with Crippen molar-refractivity contribution in [2.24, 2.45) is 0 Å². The first kappa shape index (κ1) is 16.5. The van der Waals surface area contributed by atoms with Gasteiger partial charge in [-0.25, -0.2) is 0 Å². The summed E-state index contributed by atoms with van der Waals surface area (Å²) >= 11 is 0. The topological polar surface area (TPSA) is 32.3 Å². The van der Waals surface area contributed by atoms with E-state index >= 15 is 0 Å². The molecule has 108 valence electrons. The van der Waals surface area contributed by atoms with Crippen molar-refractivity contribution in [1.82, 2.24) is 10.2 Å². The maximum Gasteiger partial charge on any atom is 0.223 e. The number of rotatable bonds is 5. The summed E-state index contributed by atoms with van der Waals surface area (Å²) in [6.45, 7) is 1.38. The van der Waals surface area contributed by atoms with Crippen molar-refractivity contribution in [3.8, 4) is 0 Å². The van der Waals surface area contributed by atoms with Crippen molar-refractivity contribution in [2.45, 2.75) is 13.0 Å². The van der Waals surface area contributed by atoms with Crippen molar-refractivity contribution < 1.29 is 4.79 Å². The Bertz CT molecular complexity index is 566. The lowest BCUT2D eigenvalue weighted by molar-refractivity contribution is -0.130. The van der Waals surface area contributed by atoms with E-state index in [0.29, 0.717) is 13.0 Å². The monoisotopic (exact) mass is 292 g/mol. The van der Waals surface area contributed by atoms with Crippen molar-refractivity contribution in [2.75, 3.05) is 20.6 Å². The molecule has 20 heavy (non-hydrogen) atoms. The van der Waals surface area contributed by atoms with Crippen LogP contribution >= 0.6 is 12.4 Å². The second kappa shape index (κ2) is 7.88. The lowest BCUT2D eigenvalue weighted by Gasteiger charge is -2.18. The molecule has 0 bridgehead atoms. The van der Waals surface area contributed by atoms with Crippen LogP contribution in [0.1, 0.15) is 12.0 Å². The molecule has 4 heteroatoms. The summed E-state index contributed by atoms with van der Waals surface area (Å²) in [4.78, 5) is 13.7. The van der Waals surface area contributed by atoms with Crippen molar-refractivity contribution in [3.63, 3.8) is 0 Å². The van der Waals surface area contributed by atoms with E-state index in [-0.39, 0.29) is 18.3 Å². The van der Waals surface area contributed by atoms with Crippen LogP contribution in [0.5, 0.6) is 0 Å². The predicted octanol–water partition coefficient (Wildman–Crippen LogP) is 2.83. The van der Waals surface area contributed by atoms with Crippen LogP contribution in [0.15, 0.2) is 42.5 Å². The minimum absolute atomic E-state index is 0. The first-order valence-corrected chi connectivity index (χ1v) is 6.57. The van der Waals surface area contributed by atoms with E-state index in [0.717, 1.165) is 6.54 Å². The van der Waals surface area contributed by atoms with Gasteiger partial charge in [0.05, 0.1) is 0 Å². The summed E-state index contributed by atoms with van der Waals surface area (Å²) in [5.41, 5.74) is 1.19. The number of hydrogen-bond acceptors (Lipinski definition) is 2. The van der Waals surface area contributed by atoms with Crippen LogP contribution in [-0.4, -0.2) is 31.4 Å². The molecule has 0 fully saturated rings. The third-order valence-electron chi connectivity index (χ3n) is 3.30. The highest BCUT2D eigenvalue weighted by Gasteiger charge is 2.10. The van der Waals surface area contributed by atoms with E-state index in [1.807, 2.05) is 32.3 Å². The normalized spacial score (nSPS) is 10.1. The van der Waals surface area contributed by atoms with Crippen molar-refractivity contribution in [3.05, 3.63) is 48.0 Å². The van der Waals surface area contributed by atoms with Gasteiger partial charge in [0.2, 0.25) is 5.91 Å². The highest BCUT2D eigenvalue weighted by molar-refractivity contribution is 5.86. The summed E-state index contributed by atoms with van der Waals surface area (Å²) in [7, 11) is 3.72. The van der Waals surface area contributed by atoms with Gasteiger partial charge in [0.25, 0.3) is 0 Å². The maximum absolute atomic E-state index is 11.9. The van der Waals surface area contributed by atoms with Gasteiger partial charge < -0.3 is 10.2 Å². The Kier molecular flexibility index (Phi) is 6.49. The van der Waals surface area contributed by atoms with Gasteiger partial charge in [-0.1, -0.05) is 42.5 Å². The van der Waals surface area contributed by atoms with Gasteiger partial charge in [-0.3, -0.25) is 4.79 Å². The Balaban J connectivity index is 0.00000200. The van der Waals surface area contributed by atoms with Gasteiger partial charge in [-0.2, -0.15) is 0 Å². The molecule has 0 heterocycles. The number of nitrogens with one attached hydrogen (secondary N) is 1. The van der Waals surface area contributed by atoms with Gasteiger partial charge in [-0.15, -0.1) is 12.4 Å². The molecule has 0 unspecified atom stereocenters. The highest BCUT2D eigenvalue weighted by atomic mass is 35.5. The molecule has 2 aromatic carbocycles. The van der Waals surface area contributed by atoms with Gasteiger partial charge in [0, 0.05) is 26.6 Å². The van der Waals surface area contributed by atoms with E-state index in [4.69, 9.17) is 0 Å². The first-order valence-electron chi connectivity index (χ1n) is 6.57. The first-order chi connectivity index (χ1) is 9.22. The minimum Gasteiger partial charge on any atom is -0.341 e. The van der Waals surface area contributed by atoms with Gasteiger partial charge in [0.15, 0.2) is 0 Å². The summed E-state index contributed by atoms with van der Waals surface area (Å²) < 4.78 is 0. The zero-order chi connectivity index (χ0) is 13.7. The van der Waals surface area contributed by atoms with Crippen molar-refractivity contribution >= 4 is 29.1 Å². The number of carbonyl (C=O) groups is 1. The molecule has 3 nitrogen and oxygen atoms in total. The van der Waals surface area contributed by atoms with Crippen LogP contribution in [-0.2, 0) is 11.3 Å². The van der Waals surface area contributed by atoms with Crippen LogP contribution in [0.4, 0.5) is 0 Å². The second-order valence-electron chi connectivity index (χ2n) is 4.74. The smallest absolute Gasteiger partial charge is 0.223 e. The van der Waals surface area contributed by atoms with E-state index in [9.17, 15) is 4.79 Å². The standard InChI is InChI=1S/C16H20N2O.ClH/c1-17-11-10-16(19)18(2)12-14-8-5-7-13-6-3-4-9-15(13)14;/h3-9,17H,10-12H2,1-2H3;1H. The Morgan fingerprint density at radius 1 is 1.15 bits per heavy atom. The molecule has 0 saturated carbocycles. The van der Waals surface area contributed by atoms with Crippen molar-refractivity contribution in [1.29, 1.82) is 0 Å². The molecule has 0 aliphatic heterocycles. The number of nitrogens with zero attached hydrogens (tertiary/aromatic N) is 1. The van der Waals surface area contributed by atoms with Crippen LogP contribution in [0.25, 0.3) is 10.8 Å². The molecular formula is C16H21ClN2O. The van der Waals surface area contributed by atoms with Gasteiger partial charge >= 0.3 is 0 Å². The predicted molar refractivity (Wildman–Crippen MR) is 86.2 cm³/mol. The lowest BCUT2D eigenvalue weighted by Crippen LogP contribution is -2.28. The quantitative estimate of drug-likeness (QED) is 0.919. The molecule has 1 N–H and O–H groups in total. The summed E-state index contributed by atoms with van der Waals surface area (Å²) in [5.74, 6) is 0.169. The van der Waals surface area contributed by atoms with Crippen LogP contribution in [0, 0.1) is 0 Å². The number of hydrogen-bond donors (Lipinski definition) is 1. The molecule has 2 rings (SSSR count). The average Bonchev–Trinajstić information content (AvgIpc) is 2.45. The molecule has 0 saturated heterocycles. The third kappa shape index (κ3) is 3.95. The van der Waals surface area contributed by atoms with Crippen LogP contribution in [0.3, 0.4) is 0 Å². The second-order valence-corrected chi connectivity index (χ2v) is 4.74. The third-order valence-corrected chi connectivity index (χ3v) is 3.30. The van der Waals surface area contributed by atoms with E-state index in [1.165, 1.54) is 16.3 Å². The number of halogens is 1. The Labute approximate surface area is 126 Å². The fraction of sp³-hybridized carbons (Fsp3) is 0.312. The SMILES string of the molecule is CNCCC(=O)N(C)Cc1cccc2ccccc12.Cl. The molecule has 2 aromatic rings. The summed E-state index contributed by atoms with van der Waals surface area (Å²) in [5, 5.41) is 5.44. The summed E-state index contributed by atoms with van der Waals surface area (Å²) in [6.07, 6.45) is 0.539. The number of benzene rings is 2. The minimum atomic E-state index is 0. The van der Waals surface area contributed by atoms with Gasteiger partial charge in [0.1, 0.15) is 0 Å². The number of fused-ring (bicyclic) bond motifs is 1. The molecule has 1 amide bonds. The molecule has 0 aromatic heterocycles. The molecule has 0 radical (unpaired) electrons. The highest BCUT2D eigenvalue weighted by Crippen LogP contribution is 2.19. The Morgan fingerprint density at radius 3 is 2.60 bits per heavy atom. The number of amides is 1. The summed E-state index contributed by atoms with van der Waals surface area (Å²) in [6, 6.07) is 14.5. The van der Waals surface area contributed by atoms with Gasteiger partial charge in [-0.05, 0) is 23.4 Å². The van der Waals surface area contributed by atoms with E-state index in [1.54, 1.807) is 4.90 Å². The molecule has 0 aliphatic carbocycles. The largest absolute Gasteiger partial charge is 0.341 e. The molecule has 0 atom stereocenters. The number of carbonyl (C=O) groups excluding carboxylic acids is 1. The zero-order valence-corrected chi connectivity index (χ0v) is 12.7. The van der Waals surface area contributed by atoms with E-state index in [2.05, 4.69) is 29.6 Å². The zero-order valence-electron chi connectivity index (χ0n) is 11.9. The van der Waals surface area contributed by atoms with E-state index < -0.39 is 0 Å². The van der Waals surface area contributed by atoms with Crippen LogP contribution in [0.2, 0.25) is 0 Å². The fourth-order valence-electron chi connectivity index (χ4n) is 2.20. The maximum atomic E-state index is 11.9. The molecular weight excluding hydrogens is 272 g/mol. The molecule has 0 spiro atoms. The average molecular weight is 293 g/mol. The fourth-order valence-corrected chi connectivity index (χ4v) is 2.20. The van der Waals surface area contributed by atoms with Crippen LogP contribution < -0.4 is 5.32 Å². The Hall–Kier alpha value is -1.58.